The number of ether oxygens (including phenoxy) is 2. The second kappa shape index (κ2) is 6.14. The Labute approximate surface area is 149 Å². The van der Waals surface area contributed by atoms with Gasteiger partial charge in [0.05, 0.1) is 55.2 Å². The number of H-pyrrole nitrogens is 1. The molecule has 0 aromatic carbocycles. The van der Waals surface area contributed by atoms with Gasteiger partial charge in [0.15, 0.2) is 0 Å². The summed E-state index contributed by atoms with van der Waals surface area (Å²) in [5.41, 5.74) is 4.39. The molecule has 0 saturated carbocycles. The van der Waals surface area contributed by atoms with E-state index in [2.05, 4.69) is 15.2 Å². The van der Waals surface area contributed by atoms with Crippen molar-refractivity contribution in [2.45, 2.75) is 13.5 Å². The van der Waals surface area contributed by atoms with Gasteiger partial charge in [0, 0.05) is 12.3 Å². The summed E-state index contributed by atoms with van der Waals surface area (Å²) >= 11 is 0. The number of methoxy groups -OCH3 is 2. The minimum atomic E-state index is -0.0715. The van der Waals surface area contributed by atoms with Crippen LogP contribution >= 0.6 is 0 Å². The van der Waals surface area contributed by atoms with Crippen molar-refractivity contribution in [3.05, 3.63) is 47.4 Å². The van der Waals surface area contributed by atoms with Crippen LogP contribution in [0.4, 0.5) is 5.69 Å². The van der Waals surface area contributed by atoms with E-state index in [1.165, 1.54) is 0 Å². The Bertz CT molecular complexity index is 985. The smallest absolute Gasteiger partial charge is 0.260 e. The molecular formula is C18H17N5O3. The third kappa shape index (κ3) is 2.46. The lowest BCUT2D eigenvalue weighted by Crippen LogP contribution is -2.22. The average molecular weight is 351 g/mol. The fraction of sp³-hybridized carbons (Fsp3) is 0.222. The minimum Gasteiger partial charge on any atom is -0.481 e. The molecule has 8 heteroatoms. The molecule has 1 amide bonds. The number of pyridine rings is 2. The SMILES string of the molecule is COc1ccc(-c2cc(C)c3c(n2)CN(c2cn[nH]c2)C3=O)c(OC)n1. The highest BCUT2D eigenvalue weighted by molar-refractivity contribution is 6.10. The summed E-state index contributed by atoms with van der Waals surface area (Å²) < 4.78 is 10.5. The van der Waals surface area contributed by atoms with E-state index in [9.17, 15) is 4.79 Å². The molecule has 26 heavy (non-hydrogen) atoms. The summed E-state index contributed by atoms with van der Waals surface area (Å²) in [6, 6.07) is 5.48. The van der Waals surface area contributed by atoms with Crippen molar-refractivity contribution >= 4 is 11.6 Å². The van der Waals surface area contributed by atoms with Gasteiger partial charge in [-0.25, -0.2) is 4.98 Å². The van der Waals surface area contributed by atoms with Gasteiger partial charge in [0.2, 0.25) is 11.8 Å². The molecule has 4 rings (SSSR count). The van der Waals surface area contributed by atoms with Crippen molar-refractivity contribution in [3.8, 4) is 23.0 Å². The number of rotatable bonds is 4. The van der Waals surface area contributed by atoms with E-state index in [0.717, 1.165) is 22.5 Å². The molecule has 0 bridgehead atoms. The van der Waals surface area contributed by atoms with Crippen LogP contribution in [-0.2, 0) is 6.54 Å². The Hall–Kier alpha value is -3.42. The number of carbonyl (C=O) groups excluding carboxylic acids is 1. The molecule has 0 unspecified atom stereocenters. The van der Waals surface area contributed by atoms with Crippen LogP contribution in [0.25, 0.3) is 11.3 Å². The number of fused-ring (bicyclic) bond motifs is 1. The maximum Gasteiger partial charge on any atom is 0.260 e. The molecule has 0 saturated heterocycles. The Balaban J connectivity index is 1.78. The zero-order chi connectivity index (χ0) is 18.3. The molecule has 3 aromatic rings. The van der Waals surface area contributed by atoms with Crippen molar-refractivity contribution in [1.29, 1.82) is 0 Å². The third-order valence-corrected chi connectivity index (χ3v) is 4.37. The van der Waals surface area contributed by atoms with Crippen LogP contribution < -0.4 is 14.4 Å². The van der Waals surface area contributed by atoms with Crippen LogP contribution in [0, 0.1) is 6.92 Å². The van der Waals surface area contributed by atoms with Gasteiger partial charge in [0.25, 0.3) is 5.91 Å². The Morgan fingerprint density at radius 1 is 1.19 bits per heavy atom. The number of nitrogens with one attached hydrogen (secondary N) is 1. The molecule has 1 N–H and O–H groups in total. The number of hydrogen-bond donors (Lipinski definition) is 1. The second-order valence-corrected chi connectivity index (χ2v) is 5.90. The van der Waals surface area contributed by atoms with Gasteiger partial charge in [-0.3, -0.25) is 14.8 Å². The zero-order valence-electron chi connectivity index (χ0n) is 14.6. The average Bonchev–Trinajstić information content (AvgIpc) is 3.29. The van der Waals surface area contributed by atoms with E-state index >= 15 is 0 Å². The molecule has 4 heterocycles. The van der Waals surface area contributed by atoms with Crippen molar-refractivity contribution in [2.75, 3.05) is 19.1 Å². The maximum atomic E-state index is 12.8. The second-order valence-electron chi connectivity index (χ2n) is 5.90. The number of amides is 1. The molecule has 3 aromatic heterocycles. The van der Waals surface area contributed by atoms with Gasteiger partial charge in [-0.05, 0) is 24.6 Å². The van der Waals surface area contributed by atoms with E-state index in [-0.39, 0.29) is 5.91 Å². The summed E-state index contributed by atoms with van der Waals surface area (Å²) in [5.74, 6) is 0.815. The number of aromatic amines is 1. The summed E-state index contributed by atoms with van der Waals surface area (Å²) in [5, 5.41) is 6.65. The Morgan fingerprint density at radius 3 is 2.73 bits per heavy atom. The summed E-state index contributed by atoms with van der Waals surface area (Å²) in [6.45, 7) is 2.30. The lowest BCUT2D eigenvalue weighted by atomic mass is 10.0. The van der Waals surface area contributed by atoms with Gasteiger partial charge in [-0.15, -0.1) is 0 Å². The highest BCUT2D eigenvalue weighted by atomic mass is 16.5. The molecule has 1 aliphatic heterocycles. The number of nitrogens with zero attached hydrogens (tertiary/aromatic N) is 4. The standard InChI is InChI=1S/C18H17N5O3/c1-10-6-13(12-4-5-15(25-2)22-17(12)26-3)21-14-9-23(18(24)16(10)14)11-7-19-20-8-11/h4-8H,9H2,1-3H3,(H,19,20). The predicted octanol–water partition coefficient (Wildman–Crippen LogP) is 2.35. The number of aromatic nitrogens is 4. The fourth-order valence-electron chi connectivity index (χ4n) is 3.13. The first-order valence-electron chi connectivity index (χ1n) is 8.03. The van der Waals surface area contributed by atoms with Gasteiger partial charge in [-0.1, -0.05) is 0 Å². The minimum absolute atomic E-state index is 0.0715. The van der Waals surface area contributed by atoms with Crippen LogP contribution in [0.2, 0.25) is 0 Å². The molecule has 0 fully saturated rings. The Morgan fingerprint density at radius 2 is 2.04 bits per heavy atom. The van der Waals surface area contributed by atoms with Crippen molar-refractivity contribution in [2.24, 2.45) is 0 Å². The first kappa shape index (κ1) is 16.1. The molecule has 8 nitrogen and oxygen atoms in total. The molecular weight excluding hydrogens is 334 g/mol. The van der Waals surface area contributed by atoms with E-state index in [4.69, 9.17) is 14.5 Å². The molecule has 0 spiro atoms. The fourth-order valence-corrected chi connectivity index (χ4v) is 3.13. The number of anilines is 1. The van der Waals surface area contributed by atoms with Gasteiger partial charge in [0.1, 0.15) is 0 Å². The van der Waals surface area contributed by atoms with Crippen molar-refractivity contribution < 1.29 is 14.3 Å². The molecule has 132 valence electrons. The van der Waals surface area contributed by atoms with Gasteiger partial charge in [-0.2, -0.15) is 10.1 Å². The summed E-state index contributed by atoms with van der Waals surface area (Å²) in [7, 11) is 3.10. The van der Waals surface area contributed by atoms with E-state index in [0.29, 0.717) is 29.6 Å². The predicted molar refractivity (Wildman–Crippen MR) is 94.4 cm³/mol. The van der Waals surface area contributed by atoms with E-state index in [1.54, 1.807) is 37.6 Å². The van der Waals surface area contributed by atoms with E-state index < -0.39 is 0 Å². The number of hydrogen-bond acceptors (Lipinski definition) is 6. The van der Waals surface area contributed by atoms with Crippen molar-refractivity contribution in [3.63, 3.8) is 0 Å². The normalized spacial score (nSPS) is 13.0. The first-order chi connectivity index (χ1) is 12.6. The lowest BCUT2D eigenvalue weighted by molar-refractivity contribution is 0.0996. The first-order valence-corrected chi connectivity index (χ1v) is 8.03. The van der Waals surface area contributed by atoms with Crippen LogP contribution in [0.3, 0.4) is 0 Å². The highest BCUT2D eigenvalue weighted by Gasteiger charge is 2.32. The van der Waals surface area contributed by atoms with Crippen LogP contribution in [0.15, 0.2) is 30.6 Å². The number of carbonyl (C=O) groups is 1. The van der Waals surface area contributed by atoms with Crippen LogP contribution in [0.5, 0.6) is 11.8 Å². The number of aryl methyl sites for hydroxylation is 1. The molecule has 0 aliphatic carbocycles. The summed E-state index contributed by atoms with van der Waals surface area (Å²) in [4.78, 5) is 23.4. The Kier molecular flexibility index (Phi) is 3.80. The molecule has 0 radical (unpaired) electrons. The van der Waals surface area contributed by atoms with Gasteiger partial charge < -0.3 is 9.47 Å². The quantitative estimate of drug-likeness (QED) is 0.775. The van der Waals surface area contributed by atoms with Crippen LogP contribution in [0.1, 0.15) is 21.6 Å². The highest BCUT2D eigenvalue weighted by Crippen LogP contribution is 2.34. The third-order valence-electron chi connectivity index (χ3n) is 4.37. The largest absolute Gasteiger partial charge is 0.481 e. The van der Waals surface area contributed by atoms with E-state index in [1.807, 2.05) is 19.1 Å². The molecule has 1 aliphatic rings. The van der Waals surface area contributed by atoms with Crippen molar-refractivity contribution in [1.82, 2.24) is 20.2 Å². The van der Waals surface area contributed by atoms with Gasteiger partial charge >= 0.3 is 0 Å². The lowest BCUT2D eigenvalue weighted by Gasteiger charge is -2.11. The topological polar surface area (TPSA) is 93.2 Å². The van der Waals surface area contributed by atoms with Crippen LogP contribution in [-0.4, -0.2) is 40.3 Å². The monoisotopic (exact) mass is 351 g/mol. The molecule has 0 atom stereocenters. The summed E-state index contributed by atoms with van der Waals surface area (Å²) in [6.07, 6.45) is 3.31. The maximum absolute atomic E-state index is 12.8. The zero-order valence-corrected chi connectivity index (χ0v) is 14.6.